The maximum absolute atomic E-state index is 11.5. The average Bonchev–Trinajstić information content (AvgIpc) is 3.07. The number of esters is 1. The lowest BCUT2D eigenvalue weighted by Gasteiger charge is -2.27. The van der Waals surface area contributed by atoms with E-state index in [0.29, 0.717) is 16.9 Å². The Bertz CT molecular complexity index is 790. The van der Waals surface area contributed by atoms with Gasteiger partial charge in [0.15, 0.2) is 6.23 Å². The Labute approximate surface area is 143 Å². The zero-order valence-electron chi connectivity index (χ0n) is 13.9. The first-order valence-corrected chi connectivity index (χ1v) is 7.78. The number of anilines is 1. The number of aliphatic hydroxyl groups is 2. The number of nitrogen functional groups attached to an aromatic ring is 1. The lowest BCUT2D eigenvalue weighted by atomic mass is 9.96. The molecule has 1 fully saturated rings. The monoisotopic (exact) mass is 351 g/mol. The fourth-order valence-electron chi connectivity index (χ4n) is 2.85. The maximum atomic E-state index is 11.5. The van der Waals surface area contributed by atoms with Crippen molar-refractivity contribution in [1.29, 1.82) is 0 Å². The Morgan fingerprint density at radius 2 is 2.28 bits per heavy atom. The number of nitrogens with zero attached hydrogens (tertiary/aromatic N) is 3. The molecule has 10 heteroatoms. The third-order valence-corrected chi connectivity index (χ3v) is 4.31. The van der Waals surface area contributed by atoms with E-state index in [9.17, 15) is 15.0 Å². The molecule has 2 aromatic heterocycles. The number of aromatic nitrogens is 3. The highest BCUT2D eigenvalue weighted by Crippen LogP contribution is 2.40. The van der Waals surface area contributed by atoms with Crippen LogP contribution in [0.4, 0.5) is 5.82 Å². The van der Waals surface area contributed by atoms with Gasteiger partial charge in [0.25, 0.3) is 0 Å². The van der Waals surface area contributed by atoms with Crippen LogP contribution in [0, 0.1) is 0 Å². The number of aliphatic hydroxyl groups excluding tert-OH is 1. The number of hydrogen-bond donors (Lipinski definition) is 4. The van der Waals surface area contributed by atoms with Crippen molar-refractivity contribution in [2.45, 2.75) is 43.9 Å². The van der Waals surface area contributed by atoms with Crippen LogP contribution in [0.25, 0.3) is 11.0 Å². The highest BCUT2D eigenvalue weighted by atomic mass is 16.6. The number of ether oxygens (including phenoxy) is 2. The maximum Gasteiger partial charge on any atom is 0.322 e. The molecule has 1 aliphatic rings. The van der Waals surface area contributed by atoms with Crippen LogP contribution in [-0.2, 0) is 14.3 Å². The van der Waals surface area contributed by atoms with Gasteiger partial charge in [0.2, 0.25) is 0 Å². The Morgan fingerprint density at radius 3 is 2.96 bits per heavy atom. The standard InChI is InChI=1S/C15H21N5O5/c1-7(16)13(22)24-5-9-10(21)15(2,23)14(25-9)20-4-3-8-11(17)18-6-19-12(8)20/h3-4,6-7,9-10,14,21,23H,5,16H2,1-2H3,(H2,17,18,19). The van der Waals surface area contributed by atoms with Crippen molar-refractivity contribution in [1.82, 2.24) is 14.5 Å². The molecule has 136 valence electrons. The molecule has 0 aromatic carbocycles. The van der Waals surface area contributed by atoms with Gasteiger partial charge in [-0.1, -0.05) is 0 Å². The minimum absolute atomic E-state index is 0.232. The molecule has 5 unspecified atom stereocenters. The first kappa shape index (κ1) is 17.5. The van der Waals surface area contributed by atoms with E-state index >= 15 is 0 Å². The second-order valence-electron chi connectivity index (χ2n) is 6.34. The van der Waals surface area contributed by atoms with Crippen molar-refractivity contribution in [3.63, 3.8) is 0 Å². The molecule has 0 spiro atoms. The third-order valence-electron chi connectivity index (χ3n) is 4.31. The molecule has 2 aromatic rings. The summed E-state index contributed by atoms with van der Waals surface area (Å²) in [5.41, 5.74) is 10.1. The number of rotatable bonds is 4. The number of nitrogens with two attached hydrogens (primary N) is 2. The van der Waals surface area contributed by atoms with Crippen molar-refractivity contribution in [2.75, 3.05) is 12.3 Å². The summed E-state index contributed by atoms with van der Waals surface area (Å²) >= 11 is 0. The van der Waals surface area contributed by atoms with Crippen LogP contribution < -0.4 is 11.5 Å². The van der Waals surface area contributed by atoms with Crippen LogP contribution in [0.3, 0.4) is 0 Å². The van der Waals surface area contributed by atoms with E-state index in [1.807, 2.05) is 0 Å². The van der Waals surface area contributed by atoms with Gasteiger partial charge in [0, 0.05) is 6.20 Å². The van der Waals surface area contributed by atoms with Gasteiger partial charge in [-0.2, -0.15) is 0 Å². The van der Waals surface area contributed by atoms with E-state index in [1.165, 1.54) is 20.2 Å². The van der Waals surface area contributed by atoms with E-state index in [4.69, 9.17) is 20.9 Å². The van der Waals surface area contributed by atoms with Crippen molar-refractivity contribution in [3.05, 3.63) is 18.6 Å². The van der Waals surface area contributed by atoms with Crippen LogP contribution in [0.15, 0.2) is 18.6 Å². The van der Waals surface area contributed by atoms with Crippen LogP contribution in [0.5, 0.6) is 0 Å². The summed E-state index contributed by atoms with van der Waals surface area (Å²) in [6, 6.07) is 0.905. The molecule has 0 amide bonds. The lowest BCUT2D eigenvalue weighted by molar-refractivity contribution is -0.151. The summed E-state index contributed by atoms with van der Waals surface area (Å²) in [7, 11) is 0. The van der Waals surface area contributed by atoms with Crippen molar-refractivity contribution >= 4 is 22.8 Å². The van der Waals surface area contributed by atoms with Gasteiger partial charge >= 0.3 is 5.97 Å². The molecule has 0 saturated carbocycles. The molecule has 25 heavy (non-hydrogen) atoms. The Hall–Kier alpha value is -2.27. The first-order valence-electron chi connectivity index (χ1n) is 7.78. The predicted octanol–water partition coefficient (Wildman–Crippen LogP) is -1.09. The topological polar surface area (TPSA) is 159 Å². The minimum Gasteiger partial charge on any atom is -0.462 e. The average molecular weight is 351 g/mol. The van der Waals surface area contributed by atoms with E-state index < -0.39 is 36.0 Å². The van der Waals surface area contributed by atoms with Gasteiger partial charge in [0.05, 0.1) is 5.39 Å². The number of hydrogen-bond acceptors (Lipinski definition) is 9. The fourth-order valence-corrected chi connectivity index (χ4v) is 2.85. The predicted molar refractivity (Wildman–Crippen MR) is 87.1 cm³/mol. The van der Waals surface area contributed by atoms with E-state index in [-0.39, 0.29) is 6.61 Å². The normalized spacial score (nSPS) is 30.5. The largest absolute Gasteiger partial charge is 0.462 e. The third kappa shape index (κ3) is 2.93. The number of carbonyl (C=O) groups is 1. The number of carbonyl (C=O) groups excluding carboxylic acids is 1. The van der Waals surface area contributed by atoms with E-state index in [1.54, 1.807) is 16.8 Å². The van der Waals surface area contributed by atoms with Gasteiger partial charge in [0.1, 0.15) is 48.3 Å². The van der Waals surface area contributed by atoms with Gasteiger partial charge in [-0.25, -0.2) is 9.97 Å². The summed E-state index contributed by atoms with van der Waals surface area (Å²) in [4.78, 5) is 19.6. The summed E-state index contributed by atoms with van der Waals surface area (Å²) in [6.07, 6.45) is -0.212. The molecule has 3 heterocycles. The van der Waals surface area contributed by atoms with Gasteiger partial charge < -0.3 is 35.7 Å². The minimum atomic E-state index is -1.64. The summed E-state index contributed by atoms with van der Waals surface area (Å²) in [5, 5.41) is 21.7. The van der Waals surface area contributed by atoms with Crippen LogP contribution in [0.1, 0.15) is 20.1 Å². The Morgan fingerprint density at radius 1 is 1.56 bits per heavy atom. The van der Waals surface area contributed by atoms with Crippen LogP contribution >= 0.6 is 0 Å². The zero-order valence-corrected chi connectivity index (χ0v) is 13.9. The van der Waals surface area contributed by atoms with E-state index in [0.717, 1.165) is 0 Å². The molecule has 1 saturated heterocycles. The summed E-state index contributed by atoms with van der Waals surface area (Å²) in [6.45, 7) is 2.69. The molecule has 0 bridgehead atoms. The summed E-state index contributed by atoms with van der Waals surface area (Å²) in [5.74, 6) is -0.324. The van der Waals surface area contributed by atoms with E-state index in [2.05, 4.69) is 9.97 Å². The van der Waals surface area contributed by atoms with Crippen LogP contribution in [-0.4, -0.2) is 61.2 Å². The molecule has 3 rings (SSSR count). The second kappa shape index (κ2) is 6.23. The summed E-state index contributed by atoms with van der Waals surface area (Å²) < 4.78 is 12.3. The SMILES string of the molecule is CC(N)C(=O)OCC1OC(n2ccc3c(N)ncnc32)C(C)(O)C1O. The van der Waals surface area contributed by atoms with Crippen LogP contribution in [0.2, 0.25) is 0 Å². The van der Waals surface area contributed by atoms with Gasteiger partial charge in [-0.3, -0.25) is 4.79 Å². The molecule has 6 N–H and O–H groups in total. The highest BCUT2D eigenvalue weighted by molar-refractivity contribution is 5.86. The smallest absolute Gasteiger partial charge is 0.322 e. The quantitative estimate of drug-likeness (QED) is 0.502. The molecule has 10 nitrogen and oxygen atoms in total. The van der Waals surface area contributed by atoms with Crippen molar-refractivity contribution in [2.24, 2.45) is 5.73 Å². The Balaban J connectivity index is 1.86. The van der Waals surface area contributed by atoms with Gasteiger partial charge in [-0.05, 0) is 19.9 Å². The molecule has 1 aliphatic heterocycles. The lowest BCUT2D eigenvalue weighted by Crippen LogP contribution is -2.44. The fraction of sp³-hybridized carbons (Fsp3) is 0.533. The zero-order chi connectivity index (χ0) is 18.4. The first-order chi connectivity index (χ1) is 11.7. The Kier molecular flexibility index (Phi) is 4.37. The van der Waals surface area contributed by atoms with Crippen molar-refractivity contribution in [3.8, 4) is 0 Å². The molecular weight excluding hydrogens is 330 g/mol. The molecule has 0 radical (unpaired) electrons. The van der Waals surface area contributed by atoms with Crippen molar-refractivity contribution < 1.29 is 24.5 Å². The number of fused-ring (bicyclic) bond motifs is 1. The molecular formula is C15H21N5O5. The second-order valence-corrected chi connectivity index (χ2v) is 6.34. The molecule has 0 aliphatic carbocycles. The van der Waals surface area contributed by atoms with Gasteiger partial charge in [-0.15, -0.1) is 0 Å². The molecule has 5 atom stereocenters. The highest BCUT2D eigenvalue weighted by Gasteiger charge is 2.53.